The van der Waals surface area contributed by atoms with Gasteiger partial charge < -0.3 is 5.11 Å². The van der Waals surface area contributed by atoms with Gasteiger partial charge in [-0.25, -0.2) is 0 Å². The smallest absolute Gasteiger partial charge is 0.303 e. The first-order chi connectivity index (χ1) is 12.2. The molecule has 148 valence electrons. The van der Waals surface area contributed by atoms with Gasteiger partial charge in [-0.2, -0.15) is 8.42 Å². The molecule has 0 heterocycles. The minimum Gasteiger partial charge on any atom is -0.481 e. The monoisotopic (exact) mass is 384 g/mol. The topological polar surface area (TPSA) is 91.7 Å². The van der Waals surface area contributed by atoms with Crippen LogP contribution in [-0.4, -0.2) is 24.0 Å². The van der Waals surface area contributed by atoms with Crippen LogP contribution in [0.3, 0.4) is 0 Å². The summed E-state index contributed by atoms with van der Waals surface area (Å²) in [6.45, 7) is 4.25. The van der Waals surface area contributed by atoms with Crippen molar-refractivity contribution in [1.82, 2.24) is 0 Å². The molecule has 0 aliphatic rings. The second-order valence-corrected chi connectivity index (χ2v) is 8.60. The molecule has 0 saturated carbocycles. The van der Waals surface area contributed by atoms with Gasteiger partial charge in [0.2, 0.25) is 0 Å². The Labute approximate surface area is 157 Å². The highest BCUT2D eigenvalue weighted by molar-refractivity contribution is 7.85. The maximum atomic E-state index is 11.1. The Morgan fingerprint density at radius 2 is 1.58 bits per heavy atom. The molecular weight excluding hydrogens is 352 g/mol. The van der Waals surface area contributed by atoms with E-state index in [1.807, 2.05) is 0 Å². The van der Waals surface area contributed by atoms with Crippen LogP contribution >= 0.6 is 0 Å². The summed E-state index contributed by atoms with van der Waals surface area (Å²) in [5.41, 5.74) is 1.11. The minimum absolute atomic E-state index is 0.0619. The van der Waals surface area contributed by atoms with Gasteiger partial charge in [0.05, 0.1) is 4.90 Å². The number of carboxylic acids is 1. The summed E-state index contributed by atoms with van der Waals surface area (Å²) in [5.74, 6) is 0.155. The normalized spacial score (nSPS) is 14.1. The summed E-state index contributed by atoms with van der Waals surface area (Å²) in [6.07, 6.45) is 8.75. The van der Waals surface area contributed by atoms with E-state index >= 15 is 0 Å². The van der Waals surface area contributed by atoms with Gasteiger partial charge in [0.15, 0.2) is 0 Å². The highest BCUT2D eigenvalue weighted by atomic mass is 32.2. The third kappa shape index (κ3) is 8.81. The van der Waals surface area contributed by atoms with Crippen molar-refractivity contribution in [2.75, 3.05) is 0 Å². The van der Waals surface area contributed by atoms with E-state index < -0.39 is 16.1 Å². The van der Waals surface area contributed by atoms with Gasteiger partial charge >= 0.3 is 5.97 Å². The van der Waals surface area contributed by atoms with Crippen LogP contribution in [0.1, 0.15) is 83.1 Å². The van der Waals surface area contributed by atoms with Gasteiger partial charge in [-0.15, -0.1) is 0 Å². The van der Waals surface area contributed by atoms with Crippen molar-refractivity contribution in [2.24, 2.45) is 5.92 Å². The predicted octanol–water partition coefficient (Wildman–Crippen LogP) is 5.27. The molecule has 26 heavy (non-hydrogen) atoms. The lowest BCUT2D eigenvalue weighted by molar-refractivity contribution is -0.137. The van der Waals surface area contributed by atoms with Gasteiger partial charge in [0, 0.05) is 6.42 Å². The first-order valence-electron chi connectivity index (χ1n) is 9.53. The molecule has 0 bridgehead atoms. The summed E-state index contributed by atoms with van der Waals surface area (Å²) in [7, 11) is -4.13. The lowest BCUT2D eigenvalue weighted by Crippen LogP contribution is -2.02. The van der Waals surface area contributed by atoms with Gasteiger partial charge in [-0.3, -0.25) is 9.35 Å². The first-order valence-corrected chi connectivity index (χ1v) is 11.0. The summed E-state index contributed by atoms with van der Waals surface area (Å²) < 4.78 is 31.3. The molecule has 0 aliphatic heterocycles. The molecule has 2 unspecified atom stereocenters. The quantitative estimate of drug-likeness (QED) is 0.357. The summed E-state index contributed by atoms with van der Waals surface area (Å²) in [6, 6.07) is 6.51. The van der Waals surface area contributed by atoms with E-state index in [9.17, 15) is 13.2 Å². The third-order valence-electron chi connectivity index (χ3n) is 4.99. The largest absolute Gasteiger partial charge is 0.481 e. The molecule has 5 nitrogen and oxygen atoms in total. The maximum absolute atomic E-state index is 11.1. The van der Waals surface area contributed by atoms with E-state index in [0.717, 1.165) is 56.9 Å². The highest BCUT2D eigenvalue weighted by Crippen LogP contribution is 2.27. The number of benzene rings is 1. The lowest BCUT2D eigenvalue weighted by Gasteiger charge is -2.16. The van der Waals surface area contributed by atoms with Crippen LogP contribution in [0.25, 0.3) is 0 Å². The second-order valence-electron chi connectivity index (χ2n) is 7.18. The van der Waals surface area contributed by atoms with Gasteiger partial charge in [-0.1, -0.05) is 58.1 Å². The Morgan fingerprint density at radius 3 is 2.08 bits per heavy atom. The van der Waals surface area contributed by atoms with Crippen LogP contribution in [0.15, 0.2) is 29.2 Å². The molecule has 0 spiro atoms. The molecule has 2 atom stereocenters. The van der Waals surface area contributed by atoms with Crippen LogP contribution in [-0.2, 0) is 14.9 Å². The zero-order valence-electron chi connectivity index (χ0n) is 15.9. The number of unbranched alkanes of at least 4 members (excludes halogenated alkanes) is 3. The molecule has 0 fully saturated rings. The highest BCUT2D eigenvalue weighted by Gasteiger charge is 2.13. The molecule has 2 N–H and O–H groups in total. The maximum Gasteiger partial charge on any atom is 0.303 e. The number of rotatable bonds is 13. The van der Waals surface area contributed by atoms with Crippen LogP contribution in [0.5, 0.6) is 0 Å². The van der Waals surface area contributed by atoms with E-state index in [2.05, 4.69) is 13.8 Å². The summed E-state index contributed by atoms with van der Waals surface area (Å²) in [5, 5.41) is 8.69. The van der Waals surface area contributed by atoms with Crippen molar-refractivity contribution in [1.29, 1.82) is 0 Å². The van der Waals surface area contributed by atoms with Crippen LogP contribution in [0.4, 0.5) is 0 Å². The number of carbonyl (C=O) groups is 1. The fraction of sp³-hybridized carbons (Fsp3) is 0.650. The van der Waals surface area contributed by atoms with E-state index in [1.54, 1.807) is 12.1 Å². The Hall–Kier alpha value is -1.40. The Morgan fingerprint density at radius 1 is 1.00 bits per heavy atom. The first kappa shape index (κ1) is 22.6. The van der Waals surface area contributed by atoms with Gasteiger partial charge in [0.1, 0.15) is 0 Å². The average Bonchev–Trinajstić information content (AvgIpc) is 2.58. The number of hydrogen-bond acceptors (Lipinski definition) is 3. The van der Waals surface area contributed by atoms with Gasteiger partial charge in [0.25, 0.3) is 10.1 Å². The van der Waals surface area contributed by atoms with E-state index in [-0.39, 0.29) is 11.3 Å². The van der Waals surface area contributed by atoms with Gasteiger partial charge in [-0.05, 0) is 48.8 Å². The van der Waals surface area contributed by atoms with Crippen LogP contribution in [0.2, 0.25) is 0 Å². The molecule has 6 heteroatoms. The molecule has 0 aliphatic carbocycles. The van der Waals surface area contributed by atoms with Crippen molar-refractivity contribution in [3.63, 3.8) is 0 Å². The fourth-order valence-electron chi connectivity index (χ4n) is 3.27. The fourth-order valence-corrected chi connectivity index (χ4v) is 3.75. The van der Waals surface area contributed by atoms with Crippen molar-refractivity contribution in [3.05, 3.63) is 29.8 Å². The van der Waals surface area contributed by atoms with Crippen molar-refractivity contribution >= 4 is 16.1 Å². The molecule has 1 rings (SSSR count). The zero-order chi connectivity index (χ0) is 19.6. The van der Waals surface area contributed by atoms with Crippen molar-refractivity contribution < 1.29 is 22.9 Å². The molecule has 1 aromatic rings. The summed E-state index contributed by atoms with van der Waals surface area (Å²) >= 11 is 0. The zero-order valence-corrected chi connectivity index (χ0v) is 16.7. The van der Waals surface area contributed by atoms with Crippen LogP contribution < -0.4 is 0 Å². The molecule has 0 radical (unpaired) electrons. The summed E-state index contributed by atoms with van der Waals surface area (Å²) in [4.78, 5) is 10.5. The number of carboxylic acid groups (broad SMARTS) is 1. The van der Waals surface area contributed by atoms with Crippen molar-refractivity contribution in [3.8, 4) is 0 Å². The molecular formula is C20H32O5S. The van der Waals surface area contributed by atoms with Crippen LogP contribution in [0, 0.1) is 5.92 Å². The SMILES string of the molecule is CCC(CCCCCCC(C)CCC(=O)O)c1ccc(S(=O)(=O)O)cc1. The molecule has 0 amide bonds. The Bertz CT molecular complexity index is 637. The lowest BCUT2D eigenvalue weighted by atomic mass is 9.90. The standard InChI is InChI=1S/C20H32O5S/c1-3-17(18-11-13-19(14-12-18)26(23,24)25)9-7-5-4-6-8-16(2)10-15-20(21)22/h11-14,16-17H,3-10,15H2,1-2H3,(H,21,22)(H,23,24,25). The molecule has 1 aromatic carbocycles. The van der Waals surface area contributed by atoms with E-state index in [4.69, 9.17) is 9.66 Å². The Kier molecular flexibility index (Phi) is 9.88. The van der Waals surface area contributed by atoms with E-state index in [1.165, 1.54) is 12.1 Å². The third-order valence-corrected chi connectivity index (χ3v) is 5.86. The van der Waals surface area contributed by atoms with Crippen molar-refractivity contribution in [2.45, 2.75) is 82.4 Å². The Balaban J connectivity index is 2.29. The second kappa shape index (κ2) is 11.3. The minimum atomic E-state index is -4.13. The molecule has 0 aromatic heterocycles. The number of hydrogen-bond donors (Lipinski definition) is 2. The number of aliphatic carboxylic acids is 1. The molecule has 0 saturated heterocycles. The van der Waals surface area contributed by atoms with E-state index in [0.29, 0.717) is 11.8 Å². The predicted molar refractivity (Wildman–Crippen MR) is 103 cm³/mol. The average molecular weight is 385 g/mol.